The summed E-state index contributed by atoms with van der Waals surface area (Å²) in [7, 11) is 0. The van der Waals surface area contributed by atoms with Gasteiger partial charge in [-0.15, -0.1) is 11.6 Å². The molecule has 0 saturated carbocycles. The van der Waals surface area contributed by atoms with Gasteiger partial charge in [-0.3, -0.25) is 0 Å². The number of ether oxygens (including phenoxy) is 1. The summed E-state index contributed by atoms with van der Waals surface area (Å²) >= 11 is 12.7. The van der Waals surface area contributed by atoms with Crippen molar-refractivity contribution in [1.82, 2.24) is 0 Å². The van der Waals surface area contributed by atoms with Crippen LogP contribution in [-0.4, -0.2) is 6.61 Å². The lowest BCUT2D eigenvalue weighted by Crippen LogP contribution is -2.11. The van der Waals surface area contributed by atoms with Crippen molar-refractivity contribution in [2.75, 3.05) is 6.61 Å². The molecule has 2 unspecified atom stereocenters. The largest absolute Gasteiger partial charge is 0.493 e. The molecule has 0 fully saturated rings. The summed E-state index contributed by atoms with van der Waals surface area (Å²) in [6, 6.07) is 3.93. The van der Waals surface area contributed by atoms with Crippen LogP contribution in [0.5, 0.6) is 5.75 Å². The fraction of sp³-hybridized carbons (Fsp3) is 0.571. The molecule has 1 aliphatic heterocycles. The highest BCUT2D eigenvalue weighted by atomic mass is 35.5. The molecule has 1 aliphatic rings. The van der Waals surface area contributed by atoms with Gasteiger partial charge in [-0.25, -0.2) is 0 Å². The quantitative estimate of drug-likeness (QED) is 0.715. The lowest BCUT2D eigenvalue weighted by atomic mass is 9.89. The maximum Gasteiger partial charge on any atom is 0.127 e. The van der Waals surface area contributed by atoms with Crippen molar-refractivity contribution in [3.63, 3.8) is 0 Å². The highest BCUT2D eigenvalue weighted by molar-refractivity contribution is 6.31. The van der Waals surface area contributed by atoms with Gasteiger partial charge < -0.3 is 4.74 Å². The molecule has 0 N–H and O–H groups in total. The number of benzene rings is 1. The second kappa shape index (κ2) is 5.07. The van der Waals surface area contributed by atoms with Gasteiger partial charge in [0, 0.05) is 17.0 Å². The molecular weight excluding hydrogens is 255 g/mol. The summed E-state index contributed by atoms with van der Waals surface area (Å²) in [5.74, 6) is 1.89. The van der Waals surface area contributed by atoms with E-state index < -0.39 is 0 Å². The number of alkyl halides is 1. The third-order valence-electron chi connectivity index (χ3n) is 3.59. The van der Waals surface area contributed by atoms with Crippen molar-refractivity contribution in [1.29, 1.82) is 0 Å². The van der Waals surface area contributed by atoms with E-state index >= 15 is 0 Å². The minimum absolute atomic E-state index is 0.0412. The van der Waals surface area contributed by atoms with E-state index in [9.17, 15) is 0 Å². The zero-order valence-electron chi connectivity index (χ0n) is 10.5. The molecule has 1 aromatic rings. The number of halogens is 2. The third kappa shape index (κ3) is 2.56. The van der Waals surface area contributed by atoms with Gasteiger partial charge in [-0.05, 0) is 29.5 Å². The predicted molar refractivity (Wildman–Crippen MR) is 73.2 cm³/mol. The normalized spacial score (nSPS) is 17.8. The Morgan fingerprint density at radius 3 is 2.59 bits per heavy atom. The fourth-order valence-corrected chi connectivity index (χ4v) is 2.83. The van der Waals surface area contributed by atoms with E-state index in [1.54, 1.807) is 0 Å². The van der Waals surface area contributed by atoms with Gasteiger partial charge in [-0.1, -0.05) is 32.4 Å². The first-order valence-electron chi connectivity index (χ1n) is 6.10. The molecule has 1 aromatic carbocycles. The SMILES string of the molecule is CC(C)C(C)C(Cl)c1cc(Cl)cc2c1OCC2. The molecule has 0 aromatic heterocycles. The van der Waals surface area contributed by atoms with Crippen molar-refractivity contribution in [2.45, 2.75) is 32.6 Å². The van der Waals surface area contributed by atoms with Crippen molar-refractivity contribution in [2.24, 2.45) is 11.8 Å². The van der Waals surface area contributed by atoms with Crippen LogP contribution >= 0.6 is 23.2 Å². The molecule has 0 radical (unpaired) electrons. The second-order valence-electron chi connectivity index (χ2n) is 5.09. The molecule has 2 atom stereocenters. The van der Waals surface area contributed by atoms with Crippen LogP contribution in [-0.2, 0) is 6.42 Å². The van der Waals surface area contributed by atoms with Gasteiger partial charge in [0.05, 0.1) is 12.0 Å². The summed E-state index contributed by atoms with van der Waals surface area (Å²) in [6.45, 7) is 7.28. The van der Waals surface area contributed by atoms with Crippen molar-refractivity contribution >= 4 is 23.2 Å². The highest BCUT2D eigenvalue weighted by Crippen LogP contribution is 2.43. The minimum atomic E-state index is -0.0412. The van der Waals surface area contributed by atoms with Gasteiger partial charge in [0.15, 0.2) is 0 Å². The van der Waals surface area contributed by atoms with Crippen molar-refractivity contribution in [3.05, 3.63) is 28.3 Å². The second-order valence-corrected chi connectivity index (χ2v) is 5.99. The lowest BCUT2D eigenvalue weighted by molar-refractivity contribution is 0.344. The molecule has 2 rings (SSSR count). The van der Waals surface area contributed by atoms with E-state index in [1.165, 1.54) is 5.56 Å². The fourth-order valence-electron chi connectivity index (χ4n) is 2.12. The maximum absolute atomic E-state index is 6.57. The molecule has 0 bridgehead atoms. The van der Waals surface area contributed by atoms with Crippen molar-refractivity contribution < 1.29 is 4.74 Å². The van der Waals surface area contributed by atoms with E-state index in [0.29, 0.717) is 11.8 Å². The van der Waals surface area contributed by atoms with Crippen LogP contribution in [0.1, 0.15) is 37.3 Å². The predicted octanol–water partition coefficient (Wildman–Crippen LogP) is 4.85. The molecule has 1 nitrogen and oxygen atoms in total. The van der Waals surface area contributed by atoms with Crippen LogP contribution < -0.4 is 4.74 Å². The number of hydrogen-bond acceptors (Lipinski definition) is 1. The Morgan fingerprint density at radius 1 is 1.24 bits per heavy atom. The average molecular weight is 273 g/mol. The average Bonchev–Trinajstić information content (AvgIpc) is 2.73. The van der Waals surface area contributed by atoms with Crippen molar-refractivity contribution in [3.8, 4) is 5.75 Å². The number of rotatable bonds is 3. The molecule has 17 heavy (non-hydrogen) atoms. The first-order valence-corrected chi connectivity index (χ1v) is 6.91. The molecule has 94 valence electrons. The Morgan fingerprint density at radius 2 is 1.94 bits per heavy atom. The third-order valence-corrected chi connectivity index (χ3v) is 4.44. The Balaban J connectivity index is 2.38. The van der Waals surface area contributed by atoms with E-state index in [0.717, 1.165) is 29.4 Å². The lowest BCUT2D eigenvalue weighted by Gasteiger charge is -2.23. The first-order chi connectivity index (χ1) is 8.00. The van der Waals surface area contributed by atoms with Crippen LogP contribution in [0.25, 0.3) is 0 Å². The summed E-state index contributed by atoms with van der Waals surface area (Å²) < 4.78 is 5.69. The molecule has 0 spiro atoms. The molecule has 0 amide bonds. The van der Waals surface area contributed by atoms with Crippen LogP contribution in [0, 0.1) is 11.8 Å². The summed E-state index contributed by atoms with van der Waals surface area (Å²) in [5.41, 5.74) is 2.24. The van der Waals surface area contributed by atoms with Gasteiger partial charge in [0.2, 0.25) is 0 Å². The Hall–Kier alpha value is -0.400. The first kappa shape index (κ1) is 13.0. The molecular formula is C14H18Cl2O. The smallest absolute Gasteiger partial charge is 0.127 e. The topological polar surface area (TPSA) is 9.23 Å². The van der Waals surface area contributed by atoms with Gasteiger partial charge in [-0.2, -0.15) is 0 Å². The molecule has 1 heterocycles. The Labute approximate surface area is 113 Å². The maximum atomic E-state index is 6.57. The zero-order chi connectivity index (χ0) is 12.6. The van der Waals surface area contributed by atoms with Gasteiger partial charge in [0.25, 0.3) is 0 Å². The van der Waals surface area contributed by atoms with E-state index in [1.807, 2.05) is 12.1 Å². The molecule has 3 heteroatoms. The van der Waals surface area contributed by atoms with Crippen LogP contribution in [0.4, 0.5) is 0 Å². The van der Waals surface area contributed by atoms with Crippen LogP contribution in [0.2, 0.25) is 5.02 Å². The van der Waals surface area contributed by atoms with E-state index in [2.05, 4.69) is 20.8 Å². The van der Waals surface area contributed by atoms with Crippen LogP contribution in [0.15, 0.2) is 12.1 Å². The monoisotopic (exact) mass is 272 g/mol. The zero-order valence-corrected chi connectivity index (χ0v) is 12.0. The summed E-state index contributed by atoms with van der Waals surface area (Å²) in [6.07, 6.45) is 0.933. The highest BCUT2D eigenvalue weighted by Gasteiger charge is 2.27. The van der Waals surface area contributed by atoms with Gasteiger partial charge in [0.1, 0.15) is 5.75 Å². The Bertz CT molecular complexity index is 415. The Kier molecular flexibility index (Phi) is 3.89. The number of hydrogen-bond donors (Lipinski definition) is 0. The van der Waals surface area contributed by atoms with Gasteiger partial charge >= 0.3 is 0 Å². The number of fused-ring (bicyclic) bond motifs is 1. The van der Waals surface area contributed by atoms with Crippen LogP contribution in [0.3, 0.4) is 0 Å². The minimum Gasteiger partial charge on any atom is -0.493 e. The molecule has 0 saturated heterocycles. The van der Waals surface area contributed by atoms with E-state index in [4.69, 9.17) is 27.9 Å². The standard InChI is InChI=1S/C14H18Cl2O/c1-8(2)9(3)13(16)12-7-11(15)6-10-4-5-17-14(10)12/h6-9,13H,4-5H2,1-3H3. The molecule has 0 aliphatic carbocycles. The summed E-state index contributed by atoms with van der Waals surface area (Å²) in [5, 5.41) is 0.714. The van der Waals surface area contributed by atoms with E-state index in [-0.39, 0.29) is 5.38 Å². The summed E-state index contributed by atoms with van der Waals surface area (Å²) in [4.78, 5) is 0.